The zero-order valence-electron chi connectivity index (χ0n) is 11.3. The van der Waals surface area contributed by atoms with Gasteiger partial charge in [0.1, 0.15) is 5.75 Å². The highest BCUT2D eigenvalue weighted by Crippen LogP contribution is 2.40. The van der Waals surface area contributed by atoms with Crippen LogP contribution < -0.4 is 5.73 Å². The Morgan fingerprint density at radius 2 is 2.05 bits per heavy atom. The van der Waals surface area contributed by atoms with Gasteiger partial charge in [0, 0.05) is 6.54 Å². The second kappa shape index (κ2) is 4.44. The summed E-state index contributed by atoms with van der Waals surface area (Å²) in [4.78, 5) is 6.75. The van der Waals surface area contributed by atoms with Crippen LogP contribution in [-0.4, -0.2) is 29.1 Å². The summed E-state index contributed by atoms with van der Waals surface area (Å²) in [5.41, 5.74) is 7.17. The van der Waals surface area contributed by atoms with Gasteiger partial charge < -0.3 is 15.7 Å². The fourth-order valence-corrected chi connectivity index (χ4v) is 2.95. The zero-order valence-corrected chi connectivity index (χ0v) is 11.3. The summed E-state index contributed by atoms with van der Waals surface area (Å²) in [5, 5.41) is 9.46. The predicted octanol–water partition coefficient (Wildman–Crippen LogP) is 2.04. The molecular formula is C15H21N3O. The molecule has 1 aromatic rings. The van der Waals surface area contributed by atoms with Crippen LogP contribution in [-0.2, 0) is 5.54 Å². The molecule has 1 aromatic carbocycles. The van der Waals surface area contributed by atoms with Crippen molar-refractivity contribution in [3.05, 3.63) is 29.8 Å². The van der Waals surface area contributed by atoms with Crippen LogP contribution in [0.4, 0.5) is 0 Å². The topological polar surface area (TPSA) is 61.9 Å². The number of aromatic hydroxyl groups is 1. The van der Waals surface area contributed by atoms with Crippen LogP contribution in [0.25, 0.3) is 0 Å². The van der Waals surface area contributed by atoms with Crippen molar-refractivity contribution >= 4 is 5.96 Å². The number of hydrogen-bond donors (Lipinski definition) is 2. The summed E-state index contributed by atoms with van der Waals surface area (Å²) in [7, 11) is 0. The molecule has 0 saturated heterocycles. The van der Waals surface area contributed by atoms with Crippen molar-refractivity contribution in [2.45, 2.75) is 31.7 Å². The molecule has 3 N–H and O–H groups in total. The van der Waals surface area contributed by atoms with Gasteiger partial charge in [0.05, 0.1) is 12.1 Å². The van der Waals surface area contributed by atoms with Crippen LogP contribution in [0.5, 0.6) is 5.75 Å². The molecular weight excluding hydrogens is 238 g/mol. The fourth-order valence-electron chi connectivity index (χ4n) is 2.95. The molecule has 0 amide bonds. The molecule has 1 aliphatic carbocycles. The first-order valence-corrected chi connectivity index (χ1v) is 7.03. The zero-order chi connectivity index (χ0) is 13.5. The Labute approximate surface area is 113 Å². The Balaban J connectivity index is 1.94. The average Bonchev–Trinajstić information content (AvgIpc) is 3.18. The van der Waals surface area contributed by atoms with E-state index in [1.54, 1.807) is 12.1 Å². The third-order valence-corrected chi connectivity index (χ3v) is 4.42. The minimum Gasteiger partial charge on any atom is -0.508 e. The Hall–Kier alpha value is -1.71. The summed E-state index contributed by atoms with van der Waals surface area (Å²) in [6.07, 6.45) is 3.58. The van der Waals surface area contributed by atoms with E-state index in [2.05, 4.69) is 16.8 Å². The molecule has 1 fully saturated rings. The van der Waals surface area contributed by atoms with Crippen molar-refractivity contribution in [2.75, 3.05) is 13.1 Å². The maximum absolute atomic E-state index is 9.46. The number of phenolic OH excluding ortho intramolecular Hbond substituents is 1. The normalized spacial score (nSPS) is 26.6. The van der Waals surface area contributed by atoms with Crippen molar-refractivity contribution < 1.29 is 5.11 Å². The maximum atomic E-state index is 9.46. The highest BCUT2D eigenvalue weighted by molar-refractivity contribution is 5.81. The number of rotatable bonds is 4. The first-order chi connectivity index (χ1) is 9.15. The van der Waals surface area contributed by atoms with Crippen LogP contribution in [0, 0.1) is 5.92 Å². The second-order valence-electron chi connectivity index (χ2n) is 5.66. The van der Waals surface area contributed by atoms with E-state index in [0.717, 1.165) is 18.9 Å². The maximum Gasteiger partial charge on any atom is 0.192 e. The average molecular weight is 259 g/mol. The quantitative estimate of drug-likeness (QED) is 0.869. The molecule has 1 heterocycles. The third-order valence-electron chi connectivity index (χ3n) is 4.42. The Bertz CT molecular complexity index is 493. The molecule has 4 nitrogen and oxygen atoms in total. The van der Waals surface area contributed by atoms with E-state index in [9.17, 15) is 5.11 Å². The lowest BCUT2D eigenvalue weighted by molar-refractivity contribution is 0.187. The first kappa shape index (κ1) is 12.3. The number of phenols is 1. The van der Waals surface area contributed by atoms with Crippen molar-refractivity contribution in [1.29, 1.82) is 0 Å². The van der Waals surface area contributed by atoms with Crippen LogP contribution in [0.2, 0.25) is 0 Å². The summed E-state index contributed by atoms with van der Waals surface area (Å²) in [6, 6.07) is 7.48. The van der Waals surface area contributed by atoms with E-state index >= 15 is 0 Å². The predicted molar refractivity (Wildman–Crippen MR) is 76.0 cm³/mol. The number of guanidine groups is 1. The summed E-state index contributed by atoms with van der Waals surface area (Å²) in [6.45, 7) is 3.90. The Morgan fingerprint density at radius 3 is 2.63 bits per heavy atom. The molecule has 1 aliphatic heterocycles. The van der Waals surface area contributed by atoms with Gasteiger partial charge in [-0.2, -0.15) is 0 Å². The van der Waals surface area contributed by atoms with Gasteiger partial charge in [0.2, 0.25) is 0 Å². The van der Waals surface area contributed by atoms with E-state index in [1.807, 2.05) is 12.1 Å². The third kappa shape index (κ3) is 2.05. The molecule has 3 rings (SSSR count). The van der Waals surface area contributed by atoms with Gasteiger partial charge in [-0.15, -0.1) is 0 Å². The number of nitrogens with zero attached hydrogens (tertiary/aromatic N) is 2. The number of aliphatic imine (C=N–C) groups is 1. The molecule has 0 radical (unpaired) electrons. The van der Waals surface area contributed by atoms with Crippen molar-refractivity contribution in [1.82, 2.24) is 4.90 Å². The molecule has 0 spiro atoms. The first-order valence-electron chi connectivity index (χ1n) is 7.03. The van der Waals surface area contributed by atoms with Gasteiger partial charge in [0.15, 0.2) is 5.96 Å². The highest BCUT2D eigenvalue weighted by Gasteiger charge is 2.44. The lowest BCUT2D eigenvalue weighted by Gasteiger charge is -2.39. The Morgan fingerprint density at radius 1 is 1.37 bits per heavy atom. The van der Waals surface area contributed by atoms with Gasteiger partial charge >= 0.3 is 0 Å². The van der Waals surface area contributed by atoms with Crippen molar-refractivity contribution in [2.24, 2.45) is 16.6 Å². The van der Waals surface area contributed by atoms with E-state index in [-0.39, 0.29) is 5.54 Å². The van der Waals surface area contributed by atoms with Gasteiger partial charge in [-0.05, 0) is 42.9 Å². The molecule has 19 heavy (non-hydrogen) atoms. The van der Waals surface area contributed by atoms with E-state index in [1.165, 1.54) is 18.4 Å². The van der Waals surface area contributed by atoms with Gasteiger partial charge in [0.25, 0.3) is 0 Å². The minimum absolute atomic E-state index is 0.125. The molecule has 2 aliphatic rings. The van der Waals surface area contributed by atoms with Crippen LogP contribution >= 0.6 is 0 Å². The highest BCUT2D eigenvalue weighted by atomic mass is 16.3. The number of benzene rings is 1. The monoisotopic (exact) mass is 259 g/mol. The fraction of sp³-hybridized carbons (Fsp3) is 0.533. The molecule has 1 unspecified atom stereocenters. The molecule has 1 atom stereocenters. The number of nitrogens with two attached hydrogens (primary N) is 1. The second-order valence-corrected chi connectivity index (χ2v) is 5.66. The largest absolute Gasteiger partial charge is 0.508 e. The Kier molecular flexibility index (Phi) is 2.88. The summed E-state index contributed by atoms with van der Waals surface area (Å²) < 4.78 is 0. The molecule has 0 bridgehead atoms. The van der Waals surface area contributed by atoms with Crippen molar-refractivity contribution in [3.63, 3.8) is 0 Å². The smallest absolute Gasteiger partial charge is 0.192 e. The SMILES string of the molecule is CCC1(c2ccc(O)cc2)CN=C(N)N1CC1CC1. The van der Waals surface area contributed by atoms with Crippen LogP contribution in [0.3, 0.4) is 0 Å². The van der Waals surface area contributed by atoms with E-state index in [0.29, 0.717) is 18.3 Å². The van der Waals surface area contributed by atoms with Crippen LogP contribution in [0.15, 0.2) is 29.3 Å². The summed E-state index contributed by atoms with van der Waals surface area (Å²) in [5.74, 6) is 1.74. The van der Waals surface area contributed by atoms with E-state index < -0.39 is 0 Å². The number of hydrogen-bond acceptors (Lipinski definition) is 4. The van der Waals surface area contributed by atoms with Gasteiger partial charge in [-0.3, -0.25) is 4.99 Å². The molecule has 4 heteroatoms. The molecule has 1 saturated carbocycles. The lowest BCUT2D eigenvalue weighted by Crippen LogP contribution is -2.49. The lowest BCUT2D eigenvalue weighted by atomic mass is 9.86. The van der Waals surface area contributed by atoms with Crippen LogP contribution in [0.1, 0.15) is 31.7 Å². The molecule has 0 aromatic heterocycles. The van der Waals surface area contributed by atoms with E-state index in [4.69, 9.17) is 5.73 Å². The molecule has 102 valence electrons. The van der Waals surface area contributed by atoms with Gasteiger partial charge in [-0.1, -0.05) is 19.1 Å². The minimum atomic E-state index is -0.125. The summed E-state index contributed by atoms with van der Waals surface area (Å²) >= 11 is 0. The standard InChI is InChI=1S/C15H21N3O/c1-2-15(12-5-7-13(19)8-6-12)10-17-14(16)18(15)9-11-3-4-11/h5-8,11,19H,2-4,9-10H2,1H3,(H2,16,17). The van der Waals surface area contributed by atoms with Crippen molar-refractivity contribution in [3.8, 4) is 5.75 Å². The van der Waals surface area contributed by atoms with Gasteiger partial charge in [-0.25, -0.2) is 0 Å².